The van der Waals surface area contributed by atoms with Crippen LogP contribution in [-0.2, 0) is 9.59 Å². The van der Waals surface area contributed by atoms with E-state index in [1.807, 2.05) is 0 Å². The summed E-state index contributed by atoms with van der Waals surface area (Å²) in [5, 5.41) is 15.7. The topological polar surface area (TPSA) is 101 Å². The van der Waals surface area contributed by atoms with Crippen LogP contribution in [0.25, 0.3) is 0 Å². The Bertz CT molecular complexity index is 298. The normalized spacial score (nSPS) is 18.4. The molecule has 0 saturated heterocycles. The molecule has 0 atom stereocenters. The van der Waals surface area contributed by atoms with Gasteiger partial charge in [-0.05, 0) is 12.8 Å². The van der Waals surface area contributed by atoms with Crippen molar-refractivity contribution < 1.29 is 33.0 Å². The second-order valence-electron chi connectivity index (χ2n) is 4.30. The van der Waals surface area contributed by atoms with Crippen LogP contribution in [0.4, 0.5) is 13.2 Å². The van der Waals surface area contributed by atoms with Crippen LogP contribution in [0.15, 0.2) is 0 Å². The standard InChI is InChI=1S/C8H15NO2.C2HF3O2/c9-8(6-7(10)11)4-2-1-3-5-8;3-2(4,5)1(6)7/h1-6,9H2,(H,10,11);(H,6,7). The Hall–Kier alpha value is -1.31. The Morgan fingerprint density at radius 3 is 1.78 bits per heavy atom. The van der Waals surface area contributed by atoms with E-state index in [0.29, 0.717) is 0 Å². The fourth-order valence-corrected chi connectivity index (χ4v) is 1.73. The van der Waals surface area contributed by atoms with Crippen LogP contribution in [0.2, 0.25) is 0 Å². The zero-order valence-electron chi connectivity index (χ0n) is 9.66. The molecule has 0 aromatic carbocycles. The van der Waals surface area contributed by atoms with Crippen molar-refractivity contribution in [3.8, 4) is 0 Å². The van der Waals surface area contributed by atoms with E-state index in [1.54, 1.807) is 0 Å². The second kappa shape index (κ2) is 6.58. The maximum absolute atomic E-state index is 10.6. The van der Waals surface area contributed by atoms with Crippen LogP contribution in [0.1, 0.15) is 38.5 Å². The fraction of sp³-hybridized carbons (Fsp3) is 0.800. The predicted octanol–water partition coefficient (Wildman–Crippen LogP) is 1.76. The molecule has 0 aliphatic heterocycles. The summed E-state index contributed by atoms with van der Waals surface area (Å²) in [4.78, 5) is 19.3. The van der Waals surface area contributed by atoms with Crippen molar-refractivity contribution in [2.75, 3.05) is 0 Å². The number of nitrogens with two attached hydrogens (primary N) is 1. The van der Waals surface area contributed by atoms with E-state index in [9.17, 15) is 18.0 Å². The minimum Gasteiger partial charge on any atom is -0.481 e. The number of carboxylic acids is 2. The largest absolute Gasteiger partial charge is 0.490 e. The van der Waals surface area contributed by atoms with Crippen LogP contribution in [-0.4, -0.2) is 33.9 Å². The monoisotopic (exact) mass is 271 g/mol. The van der Waals surface area contributed by atoms with Gasteiger partial charge in [-0.2, -0.15) is 13.2 Å². The van der Waals surface area contributed by atoms with E-state index in [2.05, 4.69) is 0 Å². The Labute approximate surface area is 102 Å². The molecule has 18 heavy (non-hydrogen) atoms. The van der Waals surface area contributed by atoms with E-state index in [1.165, 1.54) is 6.42 Å². The first-order chi connectivity index (χ1) is 8.07. The molecule has 0 unspecified atom stereocenters. The third-order valence-corrected chi connectivity index (χ3v) is 2.60. The molecule has 1 rings (SSSR count). The van der Waals surface area contributed by atoms with Gasteiger partial charge in [0.15, 0.2) is 0 Å². The Balaban J connectivity index is 0.000000360. The maximum Gasteiger partial charge on any atom is 0.490 e. The third kappa shape index (κ3) is 7.10. The molecule has 0 bridgehead atoms. The quantitative estimate of drug-likeness (QED) is 0.710. The van der Waals surface area contributed by atoms with Crippen molar-refractivity contribution in [3.63, 3.8) is 0 Å². The molecule has 0 aromatic rings. The molecule has 0 heterocycles. The van der Waals surface area contributed by atoms with Crippen LogP contribution in [0.3, 0.4) is 0 Å². The molecule has 1 aliphatic carbocycles. The lowest BCUT2D eigenvalue weighted by atomic mass is 9.80. The summed E-state index contributed by atoms with van der Waals surface area (Å²) >= 11 is 0. The number of aliphatic carboxylic acids is 2. The lowest BCUT2D eigenvalue weighted by molar-refractivity contribution is -0.192. The third-order valence-electron chi connectivity index (χ3n) is 2.60. The average Bonchev–Trinajstić information content (AvgIpc) is 2.15. The van der Waals surface area contributed by atoms with Crippen molar-refractivity contribution in [2.45, 2.75) is 50.2 Å². The number of carbonyl (C=O) groups is 2. The highest BCUT2D eigenvalue weighted by molar-refractivity contribution is 5.73. The van der Waals surface area contributed by atoms with E-state index in [4.69, 9.17) is 20.7 Å². The van der Waals surface area contributed by atoms with Gasteiger partial charge in [0, 0.05) is 5.54 Å². The molecule has 1 aliphatic rings. The summed E-state index contributed by atoms with van der Waals surface area (Å²) in [7, 11) is 0. The van der Waals surface area contributed by atoms with E-state index >= 15 is 0 Å². The number of carboxylic acid groups (broad SMARTS) is 2. The molecule has 0 amide bonds. The van der Waals surface area contributed by atoms with Crippen LogP contribution in [0.5, 0.6) is 0 Å². The predicted molar refractivity (Wildman–Crippen MR) is 55.9 cm³/mol. The summed E-state index contributed by atoms with van der Waals surface area (Å²) in [6.45, 7) is 0. The number of rotatable bonds is 2. The van der Waals surface area contributed by atoms with Gasteiger partial charge in [0.05, 0.1) is 6.42 Å². The van der Waals surface area contributed by atoms with Gasteiger partial charge in [0.1, 0.15) is 0 Å². The lowest BCUT2D eigenvalue weighted by Gasteiger charge is -2.31. The zero-order valence-corrected chi connectivity index (χ0v) is 9.66. The molecule has 4 N–H and O–H groups in total. The highest BCUT2D eigenvalue weighted by atomic mass is 19.4. The number of hydrogen-bond acceptors (Lipinski definition) is 3. The fourth-order valence-electron chi connectivity index (χ4n) is 1.73. The van der Waals surface area contributed by atoms with Gasteiger partial charge in [0.25, 0.3) is 0 Å². The van der Waals surface area contributed by atoms with Gasteiger partial charge in [-0.3, -0.25) is 4.79 Å². The summed E-state index contributed by atoms with van der Waals surface area (Å²) in [5.74, 6) is -3.53. The van der Waals surface area contributed by atoms with Crippen molar-refractivity contribution in [1.82, 2.24) is 0 Å². The van der Waals surface area contributed by atoms with Gasteiger partial charge in [-0.15, -0.1) is 0 Å². The van der Waals surface area contributed by atoms with Gasteiger partial charge in [-0.1, -0.05) is 19.3 Å². The molecule has 0 radical (unpaired) electrons. The molecule has 5 nitrogen and oxygen atoms in total. The number of hydrogen-bond donors (Lipinski definition) is 3. The molecule has 106 valence electrons. The SMILES string of the molecule is NC1(CC(=O)O)CCCCC1.O=C(O)C(F)(F)F. The maximum atomic E-state index is 10.6. The van der Waals surface area contributed by atoms with Crippen molar-refractivity contribution in [3.05, 3.63) is 0 Å². The van der Waals surface area contributed by atoms with Crippen molar-refractivity contribution >= 4 is 11.9 Å². The molecule has 8 heteroatoms. The van der Waals surface area contributed by atoms with Crippen LogP contribution >= 0.6 is 0 Å². The smallest absolute Gasteiger partial charge is 0.481 e. The van der Waals surface area contributed by atoms with Crippen LogP contribution in [0, 0.1) is 0 Å². The number of alkyl halides is 3. The minimum atomic E-state index is -5.08. The Morgan fingerprint density at radius 1 is 1.11 bits per heavy atom. The van der Waals surface area contributed by atoms with E-state index in [-0.39, 0.29) is 6.42 Å². The van der Waals surface area contributed by atoms with Crippen molar-refractivity contribution in [2.24, 2.45) is 5.73 Å². The molecule has 1 saturated carbocycles. The second-order valence-corrected chi connectivity index (χ2v) is 4.30. The van der Waals surface area contributed by atoms with E-state index < -0.39 is 23.7 Å². The highest BCUT2D eigenvalue weighted by Gasteiger charge is 2.38. The van der Waals surface area contributed by atoms with Gasteiger partial charge >= 0.3 is 18.1 Å². The summed E-state index contributed by atoms with van der Waals surface area (Å²) in [6, 6.07) is 0. The van der Waals surface area contributed by atoms with Crippen molar-refractivity contribution in [1.29, 1.82) is 0 Å². The summed E-state index contributed by atoms with van der Waals surface area (Å²) < 4.78 is 31.7. The Morgan fingerprint density at radius 2 is 1.50 bits per heavy atom. The first-order valence-corrected chi connectivity index (χ1v) is 5.38. The van der Waals surface area contributed by atoms with E-state index in [0.717, 1.165) is 25.7 Å². The average molecular weight is 271 g/mol. The van der Waals surface area contributed by atoms with Gasteiger partial charge in [-0.25, -0.2) is 4.79 Å². The molecular weight excluding hydrogens is 255 g/mol. The zero-order chi connectivity index (χ0) is 14.4. The molecule has 0 aromatic heterocycles. The summed E-state index contributed by atoms with van der Waals surface area (Å²) in [6.07, 6.45) is 0.178. The highest BCUT2D eigenvalue weighted by Crippen LogP contribution is 2.28. The first-order valence-electron chi connectivity index (χ1n) is 5.38. The van der Waals surface area contributed by atoms with Gasteiger partial charge < -0.3 is 15.9 Å². The summed E-state index contributed by atoms with van der Waals surface area (Å²) in [5.41, 5.74) is 5.48. The first kappa shape index (κ1) is 16.7. The molecule has 1 fully saturated rings. The lowest BCUT2D eigenvalue weighted by Crippen LogP contribution is -2.43. The molecule has 0 spiro atoms. The molecular formula is C10H16F3NO4. The van der Waals surface area contributed by atoms with Gasteiger partial charge in [0.2, 0.25) is 0 Å². The van der Waals surface area contributed by atoms with Crippen LogP contribution < -0.4 is 5.73 Å². The number of halogens is 3. The minimum absolute atomic E-state index is 0.132. The Kier molecular flexibility index (Phi) is 6.10.